The van der Waals surface area contributed by atoms with E-state index in [2.05, 4.69) is 4.98 Å². The van der Waals surface area contributed by atoms with Crippen molar-refractivity contribution in [2.45, 2.75) is 4.90 Å². The molecule has 0 bridgehead atoms. The van der Waals surface area contributed by atoms with Crippen molar-refractivity contribution in [1.29, 1.82) is 0 Å². The van der Waals surface area contributed by atoms with E-state index in [0.29, 0.717) is 11.3 Å². The van der Waals surface area contributed by atoms with Crippen molar-refractivity contribution >= 4 is 27.8 Å². The summed E-state index contributed by atoms with van der Waals surface area (Å²) in [6, 6.07) is 6.55. The molecule has 3 N–H and O–H groups in total. The summed E-state index contributed by atoms with van der Waals surface area (Å²) in [5.41, 5.74) is 2.82. The van der Waals surface area contributed by atoms with E-state index >= 15 is 0 Å². The summed E-state index contributed by atoms with van der Waals surface area (Å²) in [7, 11) is -3.69. The van der Waals surface area contributed by atoms with Gasteiger partial charge in [-0.25, -0.2) is 18.5 Å². The molecule has 0 aliphatic heterocycles. The van der Waals surface area contributed by atoms with Crippen LogP contribution in [0.2, 0.25) is 0 Å². The van der Waals surface area contributed by atoms with Crippen molar-refractivity contribution in [2.24, 2.45) is 5.14 Å². The number of nitrogens with two attached hydrogens (primary N) is 1. The van der Waals surface area contributed by atoms with Crippen molar-refractivity contribution < 1.29 is 18.3 Å². The fourth-order valence-electron chi connectivity index (χ4n) is 1.27. The third-order valence-corrected chi connectivity index (χ3v) is 3.46. The molecular weight excluding hydrogens is 276 g/mol. The lowest BCUT2D eigenvalue weighted by molar-refractivity contribution is -0.122. The maximum Gasteiger partial charge on any atom is 0.290 e. The second-order valence-electron chi connectivity index (χ2n) is 3.02. The fourth-order valence-corrected chi connectivity index (χ4v) is 2.57. The summed E-state index contributed by atoms with van der Waals surface area (Å²) in [5, 5.41) is 13.8. The number of carboxylic acid groups (broad SMARTS) is 1. The van der Waals surface area contributed by atoms with Gasteiger partial charge in [-0.15, -0.1) is 11.3 Å². The van der Waals surface area contributed by atoms with Gasteiger partial charge in [0.1, 0.15) is 0 Å². The summed E-state index contributed by atoms with van der Waals surface area (Å²) in [4.78, 5) is 12.5. The van der Waals surface area contributed by atoms with Crippen LogP contribution in [0.25, 0.3) is 11.3 Å². The number of benzene rings is 1. The molecule has 0 aliphatic carbocycles. The second kappa shape index (κ2) is 6.24. The molecular formula is C10H10N2O4S2. The first-order valence-electron chi connectivity index (χ1n) is 4.59. The van der Waals surface area contributed by atoms with Gasteiger partial charge in [-0.1, -0.05) is 18.2 Å². The second-order valence-corrected chi connectivity index (χ2v) is 5.27. The number of hydrogen-bond donors (Lipinski definition) is 2. The quantitative estimate of drug-likeness (QED) is 0.805. The molecule has 0 atom stereocenters. The van der Waals surface area contributed by atoms with E-state index in [1.54, 1.807) is 29.1 Å². The van der Waals surface area contributed by atoms with Crippen LogP contribution in [0.3, 0.4) is 0 Å². The zero-order chi connectivity index (χ0) is 13.6. The van der Waals surface area contributed by atoms with Gasteiger partial charge in [0.05, 0.1) is 16.1 Å². The number of sulfonamides is 1. The molecule has 1 heterocycles. The van der Waals surface area contributed by atoms with Crippen LogP contribution in [-0.2, 0) is 14.8 Å². The average Bonchev–Trinajstić information content (AvgIpc) is 2.82. The van der Waals surface area contributed by atoms with E-state index in [-0.39, 0.29) is 11.4 Å². The van der Waals surface area contributed by atoms with Crippen molar-refractivity contribution in [1.82, 2.24) is 4.98 Å². The average molecular weight is 286 g/mol. The number of primary sulfonamides is 1. The lowest BCUT2D eigenvalue weighted by Crippen LogP contribution is -2.13. The maximum absolute atomic E-state index is 11.3. The van der Waals surface area contributed by atoms with Gasteiger partial charge in [-0.3, -0.25) is 4.79 Å². The first-order valence-corrected chi connectivity index (χ1v) is 7.08. The van der Waals surface area contributed by atoms with E-state index in [1.807, 2.05) is 0 Å². The zero-order valence-electron chi connectivity index (χ0n) is 9.05. The molecule has 0 amide bonds. The van der Waals surface area contributed by atoms with Crippen LogP contribution in [-0.4, -0.2) is 25.0 Å². The Hall–Kier alpha value is -1.77. The molecule has 96 valence electrons. The molecule has 0 aliphatic rings. The molecule has 1 aromatic carbocycles. The number of hydrogen-bond acceptors (Lipinski definition) is 5. The zero-order valence-corrected chi connectivity index (χ0v) is 10.7. The molecule has 18 heavy (non-hydrogen) atoms. The molecule has 1 aromatic heterocycles. The molecule has 0 spiro atoms. The Morgan fingerprint density at radius 2 is 1.94 bits per heavy atom. The molecule has 0 fully saturated rings. The molecule has 2 aromatic rings. The van der Waals surface area contributed by atoms with Crippen molar-refractivity contribution in [3.63, 3.8) is 0 Å². The third kappa shape index (κ3) is 3.62. The number of carbonyl (C=O) groups is 1. The van der Waals surface area contributed by atoms with Gasteiger partial charge < -0.3 is 5.11 Å². The predicted molar refractivity (Wildman–Crippen MR) is 67.6 cm³/mol. The highest BCUT2D eigenvalue weighted by atomic mass is 32.2. The van der Waals surface area contributed by atoms with Crippen molar-refractivity contribution in [2.75, 3.05) is 0 Å². The van der Waals surface area contributed by atoms with Gasteiger partial charge in [-0.2, -0.15) is 0 Å². The van der Waals surface area contributed by atoms with Gasteiger partial charge in [0.2, 0.25) is 10.0 Å². The first kappa shape index (κ1) is 14.3. The molecule has 0 radical (unpaired) electrons. The van der Waals surface area contributed by atoms with E-state index < -0.39 is 10.0 Å². The SMILES string of the molecule is NS(=O)(=O)c1ccccc1-c1cscn1.O=CO. The summed E-state index contributed by atoms with van der Waals surface area (Å²) in [5.74, 6) is 0. The highest BCUT2D eigenvalue weighted by molar-refractivity contribution is 7.89. The predicted octanol–water partition coefficient (Wildman–Crippen LogP) is 1.16. The Morgan fingerprint density at radius 3 is 2.44 bits per heavy atom. The van der Waals surface area contributed by atoms with Crippen LogP contribution in [0, 0.1) is 0 Å². The summed E-state index contributed by atoms with van der Waals surface area (Å²) >= 11 is 1.41. The molecule has 0 unspecified atom stereocenters. The van der Waals surface area contributed by atoms with E-state index in [1.165, 1.54) is 17.4 Å². The minimum absolute atomic E-state index is 0.107. The van der Waals surface area contributed by atoms with Crippen LogP contribution < -0.4 is 5.14 Å². The molecule has 8 heteroatoms. The lowest BCUT2D eigenvalue weighted by Gasteiger charge is -2.03. The summed E-state index contributed by atoms with van der Waals surface area (Å²) in [6.07, 6.45) is 0. The van der Waals surface area contributed by atoms with E-state index in [9.17, 15) is 8.42 Å². The topological polar surface area (TPSA) is 110 Å². The number of rotatable bonds is 2. The largest absolute Gasteiger partial charge is 0.483 e. The van der Waals surface area contributed by atoms with Gasteiger partial charge >= 0.3 is 0 Å². The maximum atomic E-state index is 11.3. The van der Waals surface area contributed by atoms with Crippen LogP contribution in [0.15, 0.2) is 40.1 Å². The Bertz CT molecular complexity index is 609. The van der Waals surface area contributed by atoms with Gasteiger partial charge in [0.15, 0.2) is 0 Å². The van der Waals surface area contributed by atoms with E-state index in [0.717, 1.165) is 0 Å². The highest BCUT2D eigenvalue weighted by Gasteiger charge is 2.15. The molecule has 0 saturated carbocycles. The lowest BCUT2D eigenvalue weighted by atomic mass is 10.2. The third-order valence-electron chi connectivity index (χ3n) is 1.90. The Labute approximate surface area is 108 Å². The van der Waals surface area contributed by atoms with Crippen LogP contribution in [0.1, 0.15) is 0 Å². The van der Waals surface area contributed by atoms with Crippen LogP contribution in [0.4, 0.5) is 0 Å². The van der Waals surface area contributed by atoms with Crippen LogP contribution in [0.5, 0.6) is 0 Å². The Morgan fingerprint density at radius 1 is 1.33 bits per heavy atom. The minimum atomic E-state index is -3.69. The standard InChI is InChI=1S/C9H8N2O2S2.CH2O2/c10-15(12,13)9-4-2-1-3-7(9)8-5-14-6-11-8;2-1-3/h1-6H,(H2,10,12,13);1H,(H,2,3). The highest BCUT2D eigenvalue weighted by Crippen LogP contribution is 2.25. The number of thiazole rings is 1. The van der Waals surface area contributed by atoms with Gasteiger partial charge in [-0.05, 0) is 6.07 Å². The molecule has 0 saturated heterocycles. The van der Waals surface area contributed by atoms with Gasteiger partial charge in [0, 0.05) is 10.9 Å². The number of nitrogens with zero attached hydrogens (tertiary/aromatic N) is 1. The fraction of sp³-hybridized carbons (Fsp3) is 0. The van der Waals surface area contributed by atoms with Gasteiger partial charge in [0.25, 0.3) is 6.47 Å². The van der Waals surface area contributed by atoms with E-state index in [4.69, 9.17) is 15.0 Å². The summed E-state index contributed by atoms with van der Waals surface area (Å²) < 4.78 is 22.6. The molecule has 2 rings (SSSR count). The smallest absolute Gasteiger partial charge is 0.290 e. The molecule has 6 nitrogen and oxygen atoms in total. The Balaban J connectivity index is 0.000000492. The van der Waals surface area contributed by atoms with Crippen molar-refractivity contribution in [3.8, 4) is 11.3 Å². The first-order chi connectivity index (χ1) is 8.50. The summed E-state index contributed by atoms with van der Waals surface area (Å²) in [6.45, 7) is -0.250. The Kier molecular flexibility index (Phi) is 4.95. The normalized spacial score (nSPS) is 10.3. The van der Waals surface area contributed by atoms with Crippen LogP contribution >= 0.6 is 11.3 Å². The minimum Gasteiger partial charge on any atom is -0.483 e. The number of aromatic nitrogens is 1. The van der Waals surface area contributed by atoms with Crippen molar-refractivity contribution in [3.05, 3.63) is 35.2 Å². The monoisotopic (exact) mass is 286 g/mol.